The summed E-state index contributed by atoms with van der Waals surface area (Å²) in [5.74, 6) is 1.10. The Hall–Kier alpha value is -3.34. The molecule has 1 aliphatic rings. The van der Waals surface area contributed by atoms with E-state index in [1.807, 2.05) is 48.2 Å². The van der Waals surface area contributed by atoms with Gasteiger partial charge in [-0.15, -0.1) is 0 Å². The second-order valence-corrected chi connectivity index (χ2v) is 7.33. The van der Waals surface area contributed by atoms with Crippen LogP contribution in [0.2, 0.25) is 0 Å². The van der Waals surface area contributed by atoms with Gasteiger partial charge in [0.25, 0.3) is 5.91 Å². The lowest BCUT2D eigenvalue weighted by molar-refractivity contribution is 0.0746. The first-order valence-electron chi connectivity index (χ1n) is 9.67. The van der Waals surface area contributed by atoms with Gasteiger partial charge in [-0.05, 0) is 43.3 Å². The zero-order valence-corrected chi connectivity index (χ0v) is 15.9. The quantitative estimate of drug-likeness (QED) is 0.539. The molecule has 0 radical (unpaired) electrons. The Morgan fingerprint density at radius 1 is 0.857 bits per heavy atom. The molecule has 0 spiro atoms. The molecule has 0 saturated carbocycles. The summed E-state index contributed by atoms with van der Waals surface area (Å²) in [5, 5.41) is 0. The van der Waals surface area contributed by atoms with E-state index in [9.17, 15) is 4.79 Å². The van der Waals surface area contributed by atoms with Gasteiger partial charge < -0.3 is 14.2 Å². The summed E-state index contributed by atoms with van der Waals surface area (Å²) in [7, 11) is 0. The van der Waals surface area contributed by atoms with Crippen LogP contribution in [0.15, 0.2) is 66.9 Å². The van der Waals surface area contributed by atoms with E-state index in [0.717, 1.165) is 41.0 Å². The molecule has 1 saturated heterocycles. The van der Waals surface area contributed by atoms with Crippen LogP contribution in [0.25, 0.3) is 16.6 Å². The van der Waals surface area contributed by atoms with Crippen molar-refractivity contribution in [2.45, 2.75) is 6.92 Å². The van der Waals surface area contributed by atoms with Gasteiger partial charge in [-0.25, -0.2) is 4.98 Å². The molecule has 3 heterocycles. The van der Waals surface area contributed by atoms with Crippen molar-refractivity contribution in [1.82, 2.24) is 14.3 Å². The Labute approximate surface area is 163 Å². The molecule has 2 aromatic carbocycles. The Kier molecular flexibility index (Phi) is 4.01. The summed E-state index contributed by atoms with van der Waals surface area (Å²) >= 11 is 0. The van der Waals surface area contributed by atoms with Crippen molar-refractivity contribution in [3.05, 3.63) is 78.0 Å². The number of carbonyl (C=O) groups is 1. The number of rotatable bonds is 2. The summed E-state index contributed by atoms with van der Waals surface area (Å²) < 4.78 is 2.20. The third-order valence-corrected chi connectivity index (χ3v) is 5.51. The highest BCUT2D eigenvalue weighted by Gasteiger charge is 2.24. The molecule has 5 nitrogen and oxygen atoms in total. The van der Waals surface area contributed by atoms with E-state index in [-0.39, 0.29) is 5.91 Å². The van der Waals surface area contributed by atoms with E-state index >= 15 is 0 Å². The maximum absolute atomic E-state index is 12.8. The molecule has 1 fully saturated rings. The molecule has 5 heteroatoms. The van der Waals surface area contributed by atoms with Crippen LogP contribution >= 0.6 is 0 Å². The van der Waals surface area contributed by atoms with Gasteiger partial charge in [0.05, 0.1) is 16.6 Å². The Bertz CT molecular complexity index is 1150. The first-order chi connectivity index (χ1) is 13.7. The number of aromatic nitrogens is 2. The number of carbonyl (C=O) groups excluding carboxylic acids is 1. The molecule has 1 amide bonds. The molecular weight excluding hydrogens is 348 g/mol. The highest BCUT2D eigenvalue weighted by atomic mass is 16.2. The van der Waals surface area contributed by atoms with Crippen LogP contribution in [-0.2, 0) is 0 Å². The molecule has 5 rings (SSSR count). The fourth-order valence-electron chi connectivity index (χ4n) is 3.94. The molecule has 140 valence electrons. The predicted molar refractivity (Wildman–Crippen MR) is 112 cm³/mol. The van der Waals surface area contributed by atoms with Crippen molar-refractivity contribution >= 4 is 28.3 Å². The van der Waals surface area contributed by atoms with Gasteiger partial charge >= 0.3 is 0 Å². The lowest BCUT2D eigenvalue weighted by Crippen LogP contribution is -2.49. The van der Waals surface area contributed by atoms with Crippen molar-refractivity contribution in [3.63, 3.8) is 0 Å². The second kappa shape index (κ2) is 6.68. The van der Waals surface area contributed by atoms with Gasteiger partial charge in [-0.2, -0.15) is 0 Å². The number of hydrogen-bond donors (Lipinski definition) is 0. The van der Waals surface area contributed by atoms with Crippen LogP contribution in [0, 0.1) is 6.92 Å². The van der Waals surface area contributed by atoms with Crippen molar-refractivity contribution in [2.75, 3.05) is 31.1 Å². The average molecular weight is 370 g/mol. The van der Waals surface area contributed by atoms with Crippen LogP contribution in [0.1, 0.15) is 15.9 Å². The van der Waals surface area contributed by atoms with Gasteiger partial charge in [-0.1, -0.05) is 29.8 Å². The van der Waals surface area contributed by atoms with Crippen molar-refractivity contribution in [3.8, 4) is 0 Å². The number of benzene rings is 2. The van der Waals surface area contributed by atoms with E-state index in [4.69, 9.17) is 4.98 Å². The van der Waals surface area contributed by atoms with Crippen LogP contribution in [0.3, 0.4) is 0 Å². The van der Waals surface area contributed by atoms with Crippen LogP contribution in [-0.4, -0.2) is 46.4 Å². The summed E-state index contributed by atoms with van der Waals surface area (Å²) in [5.41, 5.74) is 5.13. The first kappa shape index (κ1) is 16.8. The first-order valence-corrected chi connectivity index (χ1v) is 9.67. The summed E-state index contributed by atoms with van der Waals surface area (Å²) in [4.78, 5) is 22.0. The normalized spacial score (nSPS) is 14.8. The molecule has 1 aliphatic heterocycles. The van der Waals surface area contributed by atoms with Gasteiger partial charge in [0.1, 0.15) is 0 Å². The highest BCUT2D eigenvalue weighted by Crippen LogP contribution is 2.26. The molecule has 0 unspecified atom stereocenters. The van der Waals surface area contributed by atoms with Crippen LogP contribution in [0.4, 0.5) is 5.82 Å². The average Bonchev–Trinajstić information content (AvgIpc) is 3.24. The highest BCUT2D eigenvalue weighted by molar-refractivity contribution is 5.94. The minimum absolute atomic E-state index is 0.110. The molecule has 0 aliphatic carbocycles. The van der Waals surface area contributed by atoms with Crippen molar-refractivity contribution < 1.29 is 4.79 Å². The number of anilines is 1. The third kappa shape index (κ3) is 2.80. The topological polar surface area (TPSA) is 40.9 Å². The van der Waals surface area contributed by atoms with Crippen LogP contribution in [0.5, 0.6) is 0 Å². The summed E-state index contributed by atoms with van der Waals surface area (Å²) in [6.45, 7) is 5.00. The zero-order chi connectivity index (χ0) is 19.1. The van der Waals surface area contributed by atoms with E-state index < -0.39 is 0 Å². The monoisotopic (exact) mass is 370 g/mol. The lowest BCUT2D eigenvalue weighted by atomic mass is 10.1. The van der Waals surface area contributed by atoms with Gasteiger partial charge in [0.15, 0.2) is 5.82 Å². The van der Waals surface area contributed by atoms with Gasteiger partial charge in [0.2, 0.25) is 0 Å². The minimum atomic E-state index is 0.110. The lowest BCUT2D eigenvalue weighted by Gasteiger charge is -2.36. The zero-order valence-electron chi connectivity index (χ0n) is 15.9. The molecule has 4 aromatic rings. The predicted octanol–water partition coefficient (Wildman–Crippen LogP) is 3.76. The van der Waals surface area contributed by atoms with Crippen molar-refractivity contribution in [1.29, 1.82) is 0 Å². The molecule has 28 heavy (non-hydrogen) atoms. The summed E-state index contributed by atoms with van der Waals surface area (Å²) in [6, 6.07) is 20.2. The fraction of sp³-hybridized carbons (Fsp3) is 0.217. The third-order valence-electron chi connectivity index (χ3n) is 5.51. The van der Waals surface area contributed by atoms with Gasteiger partial charge in [-0.3, -0.25) is 4.79 Å². The smallest absolute Gasteiger partial charge is 0.253 e. The van der Waals surface area contributed by atoms with E-state index in [1.165, 1.54) is 5.56 Å². The number of aryl methyl sites for hydroxylation is 1. The maximum Gasteiger partial charge on any atom is 0.253 e. The molecule has 0 N–H and O–H groups in total. The molecule has 2 aromatic heterocycles. The van der Waals surface area contributed by atoms with Crippen LogP contribution < -0.4 is 4.90 Å². The Balaban J connectivity index is 1.40. The summed E-state index contributed by atoms with van der Waals surface area (Å²) in [6.07, 6.45) is 2.08. The SMILES string of the molecule is Cc1ccc(C(=O)N2CCN(c3nc4ccccc4n4cccc34)CC2)cc1. The maximum atomic E-state index is 12.8. The Morgan fingerprint density at radius 2 is 1.57 bits per heavy atom. The largest absolute Gasteiger partial charge is 0.351 e. The molecule has 0 atom stereocenters. The van der Waals surface area contributed by atoms with E-state index in [1.54, 1.807) is 0 Å². The van der Waals surface area contributed by atoms with E-state index in [0.29, 0.717) is 13.1 Å². The number of hydrogen-bond acceptors (Lipinski definition) is 3. The number of piperazine rings is 1. The minimum Gasteiger partial charge on any atom is -0.351 e. The van der Waals surface area contributed by atoms with Crippen molar-refractivity contribution in [2.24, 2.45) is 0 Å². The number of nitrogens with zero attached hydrogens (tertiary/aromatic N) is 4. The van der Waals surface area contributed by atoms with E-state index in [2.05, 4.69) is 39.8 Å². The molecular formula is C23H22N4O. The number of para-hydroxylation sites is 2. The Morgan fingerprint density at radius 3 is 2.36 bits per heavy atom. The number of amides is 1. The molecule has 0 bridgehead atoms. The fourth-order valence-corrected chi connectivity index (χ4v) is 3.94. The number of fused-ring (bicyclic) bond motifs is 3. The standard InChI is InChI=1S/C23H22N4O/c1-17-8-10-18(11-9-17)23(28)26-15-13-25(14-16-26)22-21-7-4-12-27(21)20-6-3-2-5-19(20)24-22/h2-12H,13-16H2,1H3. The van der Waals surface area contributed by atoms with Gasteiger partial charge in [0, 0.05) is 37.9 Å². The second-order valence-electron chi connectivity index (χ2n) is 7.33.